The SMILES string of the molecule is c1ccc(-c2cc(-c3ccccc3)nc(-c3cccc4c3sc3c4ccc4c3c3ccc(-c5ccccc5)cc3n4-c3ccccc3)c2)cc1. The number of hydrogen-bond donors (Lipinski definition) is 0. The molecular weight excluding hydrogens is 625 g/mol. The molecule has 0 aliphatic heterocycles. The summed E-state index contributed by atoms with van der Waals surface area (Å²) in [6.45, 7) is 0. The molecule has 7 aromatic carbocycles. The summed E-state index contributed by atoms with van der Waals surface area (Å²) in [5.41, 5.74) is 12.6. The van der Waals surface area contributed by atoms with Gasteiger partial charge in [0.25, 0.3) is 0 Å². The topological polar surface area (TPSA) is 17.8 Å². The summed E-state index contributed by atoms with van der Waals surface area (Å²) in [5.74, 6) is 0. The Balaban J connectivity index is 1.25. The predicted octanol–water partition coefficient (Wildman–Crippen LogP) is 13.2. The van der Waals surface area contributed by atoms with Gasteiger partial charge in [-0.1, -0.05) is 146 Å². The minimum atomic E-state index is 0.975. The van der Waals surface area contributed by atoms with Crippen molar-refractivity contribution in [3.63, 3.8) is 0 Å². The van der Waals surface area contributed by atoms with E-state index in [0.29, 0.717) is 0 Å². The quantitative estimate of drug-likeness (QED) is 0.181. The first kappa shape index (κ1) is 28.7. The summed E-state index contributed by atoms with van der Waals surface area (Å²) >= 11 is 1.89. The molecule has 10 rings (SSSR count). The molecule has 0 aliphatic rings. The minimum absolute atomic E-state index is 0.975. The Labute approximate surface area is 294 Å². The molecule has 10 aromatic rings. The molecule has 0 spiro atoms. The number of rotatable bonds is 5. The highest BCUT2D eigenvalue weighted by molar-refractivity contribution is 7.27. The molecule has 3 heterocycles. The number of nitrogens with zero attached hydrogens (tertiary/aromatic N) is 2. The van der Waals surface area contributed by atoms with E-state index >= 15 is 0 Å². The Morgan fingerprint density at radius 3 is 1.70 bits per heavy atom. The molecule has 0 radical (unpaired) electrons. The van der Waals surface area contributed by atoms with Gasteiger partial charge in [0.15, 0.2) is 0 Å². The molecule has 50 heavy (non-hydrogen) atoms. The van der Waals surface area contributed by atoms with Gasteiger partial charge in [-0.05, 0) is 58.7 Å². The van der Waals surface area contributed by atoms with Crippen LogP contribution in [0.25, 0.3) is 92.4 Å². The van der Waals surface area contributed by atoms with Crippen molar-refractivity contribution in [2.24, 2.45) is 0 Å². The van der Waals surface area contributed by atoms with E-state index in [1.807, 2.05) is 11.3 Å². The summed E-state index contributed by atoms with van der Waals surface area (Å²) in [6.07, 6.45) is 0. The highest BCUT2D eigenvalue weighted by atomic mass is 32.1. The van der Waals surface area contributed by atoms with Gasteiger partial charge < -0.3 is 4.57 Å². The van der Waals surface area contributed by atoms with E-state index in [1.54, 1.807) is 0 Å². The molecule has 0 saturated carbocycles. The Hall–Kier alpha value is -6.29. The van der Waals surface area contributed by atoms with Gasteiger partial charge in [-0.15, -0.1) is 11.3 Å². The van der Waals surface area contributed by atoms with Crippen molar-refractivity contribution < 1.29 is 0 Å². The van der Waals surface area contributed by atoms with Gasteiger partial charge in [-0.25, -0.2) is 4.98 Å². The summed E-state index contributed by atoms with van der Waals surface area (Å²) < 4.78 is 4.99. The Morgan fingerprint density at radius 2 is 0.980 bits per heavy atom. The van der Waals surface area contributed by atoms with Gasteiger partial charge in [0.05, 0.1) is 22.4 Å². The smallest absolute Gasteiger partial charge is 0.0730 e. The van der Waals surface area contributed by atoms with E-state index in [9.17, 15) is 0 Å². The molecule has 3 heteroatoms. The molecule has 0 atom stereocenters. The second-order valence-electron chi connectivity index (χ2n) is 12.7. The molecule has 0 fully saturated rings. The maximum atomic E-state index is 5.32. The van der Waals surface area contributed by atoms with Crippen molar-refractivity contribution in [1.82, 2.24) is 9.55 Å². The van der Waals surface area contributed by atoms with Crippen LogP contribution in [0.1, 0.15) is 0 Å². The summed E-state index contributed by atoms with van der Waals surface area (Å²) in [5, 5.41) is 5.10. The molecular formula is C47H30N2S. The third-order valence-electron chi connectivity index (χ3n) is 9.79. The fourth-order valence-electron chi connectivity index (χ4n) is 7.45. The van der Waals surface area contributed by atoms with Crippen LogP contribution in [0.15, 0.2) is 182 Å². The van der Waals surface area contributed by atoms with E-state index < -0.39 is 0 Å². The van der Waals surface area contributed by atoms with Gasteiger partial charge >= 0.3 is 0 Å². The Morgan fingerprint density at radius 1 is 0.380 bits per heavy atom. The number of fused-ring (bicyclic) bond motifs is 7. The standard InChI is InChI=1S/C47H30N2S/c1-5-14-31(15-6-1)34-24-25-40-44(30-34)49(36-20-11-4-12-21-36)43-27-26-38-37-22-13-23-39(46(37)50-47(38)45(40)43)42-29-35(32-16-7-2-8-17-32)28-41(48-42)33-18-9-3-10-19-33/h1-30H. The first-order valence-corrected chi connectivity index (χ1v) is 17.8. The number of para-hydroxylation sites is 1. The third-order valence-corrected chi connectivity index (χ3v) is 11.1. The maximum absolute atomic E-state index is 5.32. The van der Waals surface area contributed by atoms with Crippen LogP contribution in [0.2, 0.25) is 0 Å². The van der Waals surface area contributed by atoms with Crippen molar-refractivity contribution in [3.05, 3.63) is 182 Å². The van der Waals surface area contributed by atoms with Crippen LogP contribution in [0.3, 0.4) is 0 Å². The number of aromatic nitrogens is 2. The van der Waals surface area contributed by atoms with E-state index in [1.165, 1.54) is 58.7 Å². The average molecular weight is 655 g/mol. The van der Waals surface area contributed by atoms with E-state index in [0.717, 1.165) is 33.8 Å². The van der Waals surface area contributed by atoms with Crippen LogP contribution >= 0.6 is 11.3 Å². The Kier molecular flexibility index (Phi) is 6.71. The van der Waals surface area contributed by atoms with Crippen LogP contribution in [-0.2, 0) is 0 Å². The number of benzene rings is 7. The summed E-state index contributed by atoms with van der Waals surface area (Å²) in [6, 6.07) is 65.3. The number of hydrogen-bond acceptors (Lipinski definition) is 2. The van der Waals surface area contributed by atoms with Crippen molar-refractivity contribution in [3.8, 4) is 50.5 Å². The fraction of sp³-hybridized carbons (Fsp3) is 0. The number of pyridine rings is 1. The lowest BCUT2D eigenvalue weighted by molar-refractivity contribution is 1.18. The summed E-state index contributed by atoms with van der Waals surface area (Å²) in [7, 11) is 0. The molecule has 0 aliphatic carbocycles. The molecule has 0 saturated heterocycles. The van der Waals surface area contributed by atoms with Crippen LogP contribution in [-0.4, -0.2) is 9.55 Å². The zero-order valence-corrected chi connectivity index (χ0v) is 27.9. The third kappa shape index (κ3) is 4.67. The molecule has 234 valence electrons. The average Bonchev–Trinajstić information content (AvgIpc) is 3.74. The van der Waals surface area contributed by atoms with Gasteiger partial charge in [0, 0.05) is 47.8 Å². The van der Waals surface area contributed by atoms with Crippen LogP contribution in [0.5, 0.6) is 0 Å². The monoisotopic (exact) mass is 654 g/mol. The second kappa shape index (κ2) is 11.7. The van der Waals surface area contributed by atoms with Gasteiger partial charge in [0.1, 0.15) is 0 Å². The van der Waals surface area contributed by atoms with Gasteiger partial charge in [0.2, 0.25) is 0 Å². The fourth-order valence-corrected chi connectivity index (χ4v) is 8.82. The van der Waals surface area contributed by atoms with Crippen molar-refractivity contribution in [2.75, 3.05) is 0 Å². The van der Waals surface area contributed by atoms with Crippen LogP contribution < -0.4 is 0 Å². The zero-order valence-electron chi connectivity index (χ0n) is 27.1. The minimum Gasteiger partial charge on any atom is -0.309 e. The highest BCUT2D eigenvalue weighted by Gasteiger charge is 2.20. The van der Waals surface area contributed by atoms with E-state index in [-0.39, 0.29) is 0 Å². The lowest BCUT2D eigenvalue weighted by atomic mass is 9.99. The molecule has 0 unspecified atom stereocenters. The van der Waals surface area contributed by atoms with Gasteiger partial charge in [-0.2, -0.15) is 0 Å². The lowest BCUT2D eigenvalue weighted by Gasteiger charge is -2.11. The van der Waals surface area contributed by atoms with Gasteiger partial charge in [-0.3, -0.25) is 0 Å². The largest absolute Gasteiger partial charge is 0.309 e. The number of thiophene rings is 1. The molecule has 2 nitrogen and oxygen atoms in total. The van der Waals surface area contributed by atoms with Crippen molar-refractivity contribution >= 4 is 53.3 Å². The Bertz CT molecular complexity index is 2780. The van der Waals surface area contributed by atoms with Crippen molar-refractivity contribution in [2.45, 2.75) is 0 Å². The van der Waals surface area contributed by atoms with E-state index in [2.05, 4.69) is 187 Å². The lowest BCUT2D eigenvalue weighted by Crippen LogP contribution is -1.93. The van der Waals surface area contributed by atoms with Crippen LogP contribution in [0.4, 0.5) is 0 Å². The highest BCUT2D eigenvalue weighted by Crippen LogP contribution is 2.46. The van der Waals surface area contributed by atoms with E-state index in [4.69, 9.17) is 4.98 Å². The maximum Gasteiger partial charge on any atom is 0.0730 e. The predicted molar refractivity (Wildman–Crippen MR) is 213 cm³/mol. The molecule has 0 N–H and O–H groups in total. The molecule has 0 bridgehead atoms. The first-order chi connectivity index (χ1) is 24.8. The molecule has 0 amide bonds. The normalized spacial score (nSPS) is 11.6. The first-order valence-electron chi connectivity index (χ1n) is 17.0. The van der Waals surface area contributed by atoms with Crippen molar-refractivity contribution in [1.29, 1.82) is 0 Å². The second-order valence-corrected chi connectivity index (χ2v) is 13.8. The summed E-state index contributed by atoms with van der Waals surface area (Å²) in [4.78, 5) is 5.32. The zero-order chi connectivity index (χ0) is 33.0. The van der Waals surface area contributed by atoms with Crippen LogP contribution in [0, 0.1) is 0 Å². The molecule has 3 aromatic heterocycles.